The molecule has 1 aromatic carbocycles. The van der Waals surface area contributed by atoms with Gasteiger partial charge in [0.1, 0.15) is 5.84 Å². The third kappa shape index (κ3) is 2.98. The van der Waals surface area contributed by atoms with E-state index >= 15 is 0 Å². The van der Waals surface area contributed by atoms with Crippen molar-refractivity contribution < 1.29 is 8.42 Å². The molecule has 0 spiro atoms. The average Bonchev–Trinajstić information content (AvgIpc) is 2.63. The van der Waals surface area contributed by atoms with Crippen LogP contribution in [0, 0.1) is 0 Å². The highest BCUT2D eigenvalue weighted by atomic mass is 35.7. The first kappa shape index (κ1) is 12.4. The van der Waals surface area contributed by atoms with E-state index in [9.17, 15) is 8.42 Å². The fourth-order valence-electron chi connectivity index (χ4n) is 1.87. The summed E-state index contributed by atoms with van der Waals surface area (Å²) in [7, 11) is 3.70. The molecule has 1 aliphatic rings. The van der Waals surface area contributed by atoms with Crippen molar-refractivity contribution in [1.29, 1.82) is 0 Å². The molecule has 0 unspecified atom stereocenters. The number of amidine groups is 1. The second-order valence-electron chi connectivity index (χ2n) is 3.97. The fourth-order valence-corrected chi connectivity index (χ4v) is 2.85. The Hall–Kier alpha value is -1.07. The van der Waals surface area contributed by atoms with E-state index in [0.717, 1.165) is 24.5 Å². The number of hydrogen-bond acceptors (Lipinski definition) is 4. The quantitative estimate of drug-likeness (QED) is 0.783. The molecule has 0 fully saturated rings. The van der Waals surface area contributed by atoms with E-state index < -0.39 is 9.05 Å². The van der Waals surface area contributed by atoms with Gasteiger partial charge in [-0.15, -0.1) is 0 Å². The molecule has 6 heteroatoms. The molecule has 0 bridgehead atoms. The van der Waals surface area contributed by atoms with E-state index in [2.05, 4.69) is 4.99 Å². The van der Waals surface area contributed by atoms with Crippen LogP contribution >= 0.6 is 10.7 Å². The first-order valence-electron chi connectivity index (χ1n) is 5.23. The monoisotopic (exact) mass is 272 g/mol. The lowest BCUT2D eigenvalue weighted by molar-refractivity contribution is 0.556. The van der Waals surface area contributed by atoms with E-state index in [1.54, 1.807) is 12.1 Å². The van der Waals surface area contributed by atoms with Gasteiger partial charge in [-0.05, 0) is 5.56 Å². The Morgan fingerprint density at radius 3 is 2.71 bits per heavy atom. The maximum Gasteiger partial charge on any atom is 0.236 e. The van der Waals surface area contributed by atoms with Crippen LogP contribution in [0.4, 0.5) is 0 Å². The Kier molecular flexibility index (Phi) is 3.40. The zero-order valence-electron chi connectivity index (χ0n) is 9.43. The van der Waals surface area contributed by atoms with Crippen LogP contribution < -0.4 is 0 Å². The Morgan fingerprint density at radius 1 is 1.41 bits per heavy atom. The summed E-state index contributed by atoms with van der Waals surface area (Å²) < 4.78 is 22.3. The van der Waals surface area contributed by atoms with Crippen molar-refractivity contribution in [2.75, 3.05) is 20.1 Å². The van der Waals surface area contributed by atoms with Crippen molar-refractivity contribution in [2.24, 2.45) is 4.99 Å². The van der Waals surface area contributed by atoms with Gasteiger partial charge in [0.25, 0.3) is 0 Å². The third-order valence-corrected chi connectivity index (χ3v) is 3.63. The molecule has 1 heterocycles. The minimum absolute atomic E-state index is 0.169. The number of rotatable bonds is 3. The molecule has 0 radical (unpaired) electrons. The lowest BCUT2D eigenvalue weighted by Gasteiger charge is -2.16. The molecule has 17 heavy (non-hydrogen) atoms. The highest BCUT2D eigenvalue weighted by Gasteiger charge is 2.19. The van der Waals surface area contributed by atoms with E-state index in [1.165, 1.54) is 0 Å². The first-order valence-corrected chi connectivity index (χ1v) is 7.71. The zero-order valence-corrected chi connectivity index (χ0v) is 11.0. The van der Waals surface area contributed by atoms with E-state index in [-0.39, 0.29) is 5.75 Å². The highest BCUT2D eigenvalue weighted by molar-refractivity contribution is 8.13. The molecular weight excluding hydrogens is 260 g/mol. The molecular formula is C11H13ClN2O2S. The number of hydrogen-bond donors (Lipinski definition) is 0. The number of nitrogens with zero attached hydrogens (tertiary/aromatic N) is 2. The zero-order chi connectivity index (χ0) is 12.5. The first-order chi connectivity index (χ1) is 7.97. The second kappa shape index (κ2) is 4.66. The van der Waals surface area contributed by atoms with Crippen LogP contribution in [-0.2, 0) is 14.8 Å². The molecule has 0 atom stereocenters. The number of benzene rings is 1. The fraction of sp³-hybridized carbons (Fsp3) is 0.364. The van der Waals surface area contributed by atoms with E-state index in [1.807, 2.05) is 24.1 Å². The molecule has 1 aromatic rings. The van der Waals surface area contributed by atoms with Gasteiger partial charge in [-0.25, -0.2) is 8.42 Å². The minimum atomic E-state index is -3.55. The molecule has 2 rings (SSSR count). The van der Waals surface area contributed by atoms with Crippen LogP contribution in [0.15, 0.2) is 29.3 Å². The third-order valence-electron chi connectivity index (χ3n) is 2.64. The highest BCUT2D eigenvalue weighted by Crippen LogP contribution is 2.18. The second-order valence-corrected chi connectivity index (χ2v) is 6.74. The van der Waals surface area contributed by atoms with E-state index in [0.29, 0.717) is 5.56 Å². The number of aliphatic imine (C=N–C) groups is 1. The average molecular weight is 273 g/mol. The van der Waals surface area contributed by atoms with Crippen molar-refractivity contribution in [1.82, 2.24) is 4.90 Å². The Labute approximate surface area is 105 Å². The summed E-state index contributed by atoms with van der Waals surface area (Å²) in [4.78, 5) is 6.40. The van der Waals surface area contributed by atoms with Crippen LogP contribution in [0.1, 0.15) is 11.1 Å². The van der Waals surface area contributed by atoms with Crippen LogP contribution in [-0.4, -0.2) is 39.3 Å². The lowest BCUT2D eigenvalue weighted by atomic mass is 10.1. The Balaban J connectivity index is 2.41. The lowest BCUT2D eigenvalue weighted by Crippen LogP contribution is -2.24. The molecule has 0 aromatic heterocycles. The molecule has 0 saturated heterocycles. The summed E-state index contributed by atoms with van der Waals surface area (Å²) in [6, 6.07) is 7.31. The molecule has 1 aliphatic heterocycles. The summed E-state index contributed by atoms with van der Waals surface area (Å²) in [5.41, 5.74) is 1.53. The van der Waals surface area contributed by atoms with Crippen LogP contribution in [0.5, 0.6) is 0 Å². The van der Waals surface area contributed by atoms with Crippen molar-refractivity contribution in [3.8, 4) is 0 Å². The maximum atomic E-state index is 11.2. The van der Waals surface area contributed by atoms with Crippen molar-refractivity contribution in [2.45, 2.75) is 5.75 Å². The van der Waals surface area contributed by atoms with Gasteiger partial charge in [0.05, 0.1) is 12.3 Å². The topological polar surface area (TPSA) is 49.7 Å². The number of halogens is 1. The predicted octanol–water partition coefficient (Wildman–Crippen LogP) is 1.45. The van der Waals surface area contributed by atoms with Gasteiger partial charge in [-0.3, -0.25) is 4.99 Å². The molecule has 0 N–H and O–H groups in total. The van der Waals surface area contributed by atoms with Gasteiger partial charge < -0.3 is 4.90 Å². The van der Waals surface area contributed by atoms with E-state index in [4.69, 9.17) is 10.7 Å². The molecule has 0 amide bonds. The predicted molar refractivity (Wildman–Crippen MR) is 69.0 cm³/mol. The summed E-state index contributed by atoms with van der Waals surface area (Å²) in [5, 5.41) is 0. The van der Waals surface area contributed by atoms with Gasteiger partial charge in [0, 0.05) is 29.8 Å². The largest absolute Gasteiger partial charge is 0.358 e. The van der Waals surface area contributed by atoms with Crippen LogP contribution in [0.3, 0.4) is 0 Å². The van der Waals surface area contributed by atoms with Crippen molar-refractivity contribution in [3.05, 3.63) is 35.4 Å². The van der Waals surface area contributed by atoms with Gasteiger partial charge >= 0.3 is 0 Å². The molecule has 92 valence electrons. The number of likely N-dealkylation sites (N-methyl/N-ethyl adjacent to an activating group) is 1. The smallest absolute Gasteiger partial charge is 0.236 e. The SMILES string of the molecule is CN1CCN=C1c1ccccc1CS(=O)(=O)Cl. The Morgan fingerprint density at radius 2 is 2.12 bits per heavy atom. The minimum Gasteiger partial charge on any atom is -0.358 e. The van der Waals surface area contributed by atoms with Gasteiger partial charge in [0.15, 0.2) is 0 Å². The summed E-state index contributed by atoms with van der Waals surface area (Å²) in [6.07, 6.45) is 0. The maximum absolute atomic E-state index is 11.2. The van der Waals surface area contributed by atoms with Crippen LogP contribution in [0.2, 0.25) is 0 Å². The molecule has 0 saturated carbocycles. The molecule has 0 aliphatic carbocycles. The Bertz CT molecular complexity index is 554. The van der Waals surface area contributed by atoms with Crippen molar-refractivity contribution in [3.63, 3.8) is 0 Å². The summed E-state index contributed by atoms with van der Waals surface area (Å²) >= 11 is 0. The van der Waals surface area contributed by atoms with Gasteiger partial charge in [-0.2, -0.15) is 0 Å². The summed E-state index contributed by atoms with van der Waals surface area (Å²) in [6.45, 7) is 1.60. The van der Waals surface area contributed by atoms with Crippen molar-refractivity contribution >= 4 is 25.6 Å². The van der Waals surface area contributed by atoms with Gasteiger partial charge in [0.2, 0.25) is 9.05 Å². The van der Waals surface area contributed by atoms with Crippen LogP contribution in [0.25, 0.3) is 0 Å². The van der Waals surface area contributed by atoms with Gasteiger partial charge in [-0.1, -0.05) is 24.3 Å². The summed E-state index contributed by atoms with van der Waals surface area (Å²) in [5.74, 6) is 0.665. The molecule has 4 nitrogen and oxygen atoms in total. The normalized spacial score (nSPS) is 16.1. The standard InChI is InChI=1S/C11H13ClN2O2S/c1-14-7-6-13-11(14)10-5-3-2-4-9(10)8-17(12,15)16/h2-5H,6-8H2,1H3.